The van der Waals surface area contributed by atoms with E-state index in [1.54, 1.807) is 0 Å². The van der Waals surface area contributed by atoms with Gasteiger partial charge >= 0.3 is 0 Å². The molecule has 0 spiro atoms. The SMILES string of the molecule is CC(C)[C@H](O[Si](C)(C)C(C)(C)C)C(=O)[C@H](C)[C@@H](O)C(C)C. The van der Waals surface area contributed by atoms with Gasteiger partial charge in [-0.05, 0) is 30.0 Å². The maximum absolute atomic E-state index is 12.8. The minimum absolute atomic E-state index is 0.0380. The minimum atomic E-state index is -2.00. The maximum atomic E-state index is 12.8. The highest BCUT2D eigenvalue weighted by molar-refractivity contribution is 6.74. The van der Waals surface area contributed by atoms with E-state index < -0.39 is 20.5 Å². The van der Waals surface area contributed by atoms with Crippen molar-refractivity contribution in [3.05, 3.63) is 0 Å². The Morgan fingerprint density at radius 3 is 1.71 bits per heavy atom. The van der Waals surface area contributed by atoms with Crippen molar-refractivity contribution in [1.82, 2.24) is 0 Å². The Morgan fingerprint density at radius 1 is 1.00 bits per heavy atom. The normalized spacial score (nSPS) is 18.0. The monoisotopic (exact) mass is 316 g/mol. The third-order valence-electron chi connectivity index (χ3n) is 4.76. The van der Waals surface area contributed by atoms with E-state index in [0.29, 0.717) is 0 Å². The topological polar surface area (TPSA) is 46.5 Å². The summed E-state index contributed by atoms with van der Waals surface area (Å²) in [6.45, 7) is 20.6. The van der Waals surface area contributed by atoms with Gasteiger partial charge in [0.15, 0.2) is 14.1 Å². The number of aliphatic hydroxyl groups is 1. The van der Waals surface area contributed by atoms with Crippen molar-refractivity contribution >= 4 is 14.1 Å². The van der Waals surface area contributed by atoms with Gasteiger partial charge in [-0.15, -0.1) is 0 Å². The van der Waals surface area contributed by atoms with Gasteiger partial charge in [-0.2, -0.15) is 0 Å². The molecule has 0 aromatic rings. The fourth-order valence-electron chi connectivity index (χ4n) is 2.02. The molecule has 0 saturated carbocycles. The Hall–Kier alpha value is -0.193. The Kier molecular flexibility index (Phi) is 7.31. The molecule has 126 valence electrons. The molecule has 0 aromatic carbocycles. The number of carbonyl (C=O) groups is 1. The first-order chi connectivity index (χ1) is 9.22. The summed E-state index contributed by atoms with van der Waals surface area (Å²) in [6.07, 6.45) is -1.03. The number of aliphatic hydroxyl groups excluding tert-OH is 1. The van der Waals surface area contributed by atoms with Gasteiger partial charge in [-0.25, -0.2) is 0 Å². The first-order valence-electron chi connectivity index (χ1n) is 8.12. The average Bonchev–Trinajstić information content (AvgIpc) is 2.31. The molecule has 0 heterocycles. The molecule has 3 atom stereocenters. The molecule has 0 bridgehead atoms. The van der Waals surface area contributed by atoms with Crippen LogP contribution in [0.15, 0.2) is 0 Å². The number of Topliss-reactive ketones (excluding diaryl/α,β-unsaturated/α-hetero) is 1. The molecule has 0 saturated heterocycles. The smallest absolute Gasteiger partial charge is 0.193 e. The fraction of sp³-hybridized carbons (Fsp3) is 0.941. The van der Waals surface area contributed by atoms with Crippen molar-refractivity contribution in [1.29, 1.82) is 0 Å². The lowest BCUT2D eigenvalue weighted by Gasteiger charge is -2.40. The zero-order valence-corrected chi connectivity index (χ0v) is 16.7. The zero-order valence-electron chi connectivity index (χ0n) is 15.7. The van der Waals surface area contributed by atoms with Crippen molar-refractivity contribution < 1.29 is 14.3 Å². The number of ketones is 1. The summed E-state index contributed by atoms with van der Waals surface area (Å²) in [5.74, 6) is -0.156. The van der Waals surface area contributed by atoms with Gasteiger partial charge in [-0.1, -0.05) is 55.4 Å². The maximum Gasteiger partial charge on any atom is 0.193 e. The summed E-state index contributed by atoms with van der Waals surface area (Å²) in [5, 5.41) is 10.3. The van der Waals surface area contributed by atoms with Gasteiger partial charge in [0.1, 0.15) is 6.10 Å². The first kappa shape index (κ1) is 20.8. The fourth-order valence-corrected chi connectivity index (χ4v) is 3.40. The van der Waals surface area contributed by atoms with E-state index in [1.807, 2.05) is 34.6 Å². The molecule has 0 radical (unpaired) electrons. The molecule has 0 aliphatic carbocycles. The lowest BCUT2D eigenvalue weighted by molar-refractivity contribution is -0.136. The van der Waals surface area contributed by atoms with Crippen molar-refractivity contribution in [3.63, 3.8) is 0 Å². The van der Waals surface area contributed by atoms with Gasteiger partial charge in [0.05, 0.1) is 6.10 Å². The summed E-state index contributed by atoms with van der Waals surface area (Å²) in [4.78, 5) is 12.8. The average molecular weight is 317 g/mol. The van der Waals surface area contributed by atoms with Gasteiger partial charge in [0, 0.05) is 5.92 Å². The minimum Gasteiger partial charge on any atom is -0.407 e. The van der Waals surface area contributed by atoms with Gasteiger partial charge < -0.3 is 9.53 Å². The molecule has 1 N–H and O–H groups in total. The summed E-state index contributed by atoms with van der Waals surface area (Å²) in [7, 11) is -2.00. The van der Waals surface area contributed by atoms with Crippen LogP contribution in [-0.2, 0) is 9.22 Å². The van der Waals surface area contributed by atoms with Crippen LogP contribution in [-0.4, -0.2) is 31.4 Å². The number of carbonyl (C=O) groups excluding carboxylic acids is 1. The van der Waals surface area contributed by atoms with Crippen LogP contribution in [0.3, 0.4) is 0 Å². The molecule has 21 heavy (non-hydrogen) atoms. The highest BCUT2D eigenvalue weighted by Gasteiger charge is 2.42. The van der Waals surface area contributed by atoms with Crippen molar-refractivity contribution in [2.75, 3.05) is 0 Å². The molecule has 3 nitrogen and oxygen atoms in total. The van der Waals surface area contributed by atoms with Crippen LogP contribution in [0, 0.1) is 17.8 Å². The quantitative estimate of drug-likeness (QED) is 0.714. The Balaban J connectivity index is 5.22. The third-order valence-corrected chi connectivity index (χ3v) is 9.21. The van der Waals surface area contributed by atoms with Crippen LogP contribution >= 0.6 is 0 Å². The standard InChI is InChI=1S/C17H36O3Si/c1-11(2)14(18)13(5)15(19)16(12(3)4)20-21(9,10)17(6,7)8/h11-14,16,18H,1-10H3/t13-,14+,16+/m1/s1. The summed E-state index contributed by atoms with van der Waals surface area (Å²) >= 11 is 0. The molecule has 0 rings (SSSR count). The number of hydrogen-bond acceptors (Lipinski definition) is 3. The van der Waals surface area contributed by atoms with Crippen LogP contribution in [0.1, 0.15) is 55.4 Å². The van der Waals surface area contributed by atoms with E-state index in [-0.39, 0.29) is 28.6 Å². The third kappa shape index (κ3) is 5.50. The summed E-state index contributed by atoms with van der Waals surface area (Å²) in [5.41, 5.74) is 0. The molecule has 4 heteroatoms. The molecule has 0 amide bonds. The second-order valence-electron chi connectivity index (χ2n) is 8.47. The largest absolute Gasteiger partial charge is 0.407 e. The van der Waals surface area contributed by atoms with E-state index in [0.717, 1.165) is 0 Å². The lowest BCUT2D eigenvalue weighted by Crippen LogP contribution is -2.50. The van der Waals surface area contributed by atoms with Crippen LogP contribution in [0.2, 0.25) is 18.1 Å². The van der Waals surface area contributed by atoms with Crippen LogP contribution in [0.25, 0.3) is 0 Å². The molecule has 0 aliphatic heterocycles. The van der Waals surface area contributed by atoms with E-state index in [2.05, 4.69) is 33.9 Å². The first-order valence-corrected chi connectivity index (χ1v) is 11.0. The van der Waals surface area contributed by atoms with E-state index in [9.17, 15) is 9.90 Å². The Labute approximate surface area is 132 Å². The summed E-state index contributed by atoms with van der Waals surface area (Å²) < 4.78 is 6.35. The van der Waals surface area contributed by atoms with E-state index in [4.69, 9.17) is 4.43 Å². The Bertz CT molecular complexity index is 342. The molecule has 0 fully saturated rings. The predicted octanol–water partition coefficient (Wildman–Crippen LogP) is 4.25. The van der Waals surface area contributed by atoms with Gasteiger partial charge in [0.25, 0.3) is 0 Å². The molecule has 0 aromatic heterocycles. The second kappa shape index (κ2) is 7.38. The molecule has 0 unspecified atom stereocenters. The van der Waals surface area contributed by atoms with Crippen LogP contribution in [0.4, 0.5) is 0 Å². The Morgan fingerprint density at radius 2 is 1.43 bits per heavy atom. The summed E-state index contributed by atoms with van der Waals surface area (Å²) in [6, 6.07) is 0. The van der Waals surface area contributed by atoms with Gasteiger partial charge in [0.2, 0.25) is 0 Å². The highest BCUT2D eigenvalue weighted by Crippen LogP contribution is 2.38. The number of rotatable bonds is 7. The molecular weight excluding hydrogens is 280 g/mol. The number of hydrogen-bond donors (Lipinski definition) is 1. The van der Waals surface area contributed by atoms with Crippen LogP contribution < -0.4 is 0 Å². The molecule has 0 aliphatic rings. The van der Waals surface area contributed by atoms with Crippen molar-refractivity contribution in [2.45, 2.75) is 85.7 Å². The van der Waals surface area contributed by atoms with E-state index >= 15 is 0 Å². The van der Waals surface area contributed by atoms with Crippen molar-refractivity contribution in [3.8, 4) is 0 Å². The molecular formula is C17H36O3Si. The van der Waals surface area contributed by atoms with Gasteiger partial charge in [-0.3, -0.25) is 4.79 Å². The van der Waals surface area contributed by atoms with Crippen LogP contribution in [0.5, 0.6) is 0 Å². The highest BCUT2D eigenvalue weighted by atomic mass is 28.4. The predicted molar refractivity (Wildman–Crippen MR) is 91.9 cm³/mol. The second-order valence-corrected chi connectivity index (χ2v) is 13.2. The lowest BCUT2D eigenvalue weighted by atomic mass is 9.86. The van der Waals surface area contributed by atoms with Crippen molar-refractivity contribution in [2.24, 2.45) is 17.8 Å². The van der Waals surface area contributed by atoms with E-state index in [1.165, 1.54) is 0 Å². The zero-order chi connectivity index (χ0) is 17.2.